The number of aromatic nitrogens is 2. The molecule has 1 unspecified atom stereocenters. The van der Waals surface area contributed by atoms with Crippen LogP contribution in [0.25, 0.3) is 11.0 Å². The number of hydrogen-bond acceptors (Lipinski definition) is 8. The average Bonchev–Trinajstić information content (AvgIpc) is 3.40. The minimum absolute atomic E-state index is 0.0177. The zero-order valence-corrected chi connectivity index (χ0v) is 20.0. The van der Waals surface area contributed by atoms with Crippen molar-refractivity contribution in [2.75, 3.05) is 19.1 Å². The number of carbonyl (C=O) groups excluding carboxylic acids is 1. The molecular formula is C25H23N3O5S. The SMILES string of the molecule is COc1ccc(C2c3c(oc4ccccc4c3=O)C(=O)N2c2nnc(CC(C)C)s2)cc1OC. The highest BCUT2D eigenvalue weighted by Crippen LogP contribution is 2.44. The van der Waals surface area contributed by atoms with E-state index in [1.165, 1.54) is 23.3 Å². The van der Waals surface area contributed by atoms with Crippen molar-refractivity contribution < 1.29 is 18.7 Å². The van der Waals surface area contributed by atoms with Gasteiger partial charge in [0.15, 0.2) is 16.9 Å². The molecule has 34 heavy (non-hydrogen) atoms. The van der Waals surface area contributed by atoms with Gasteiger partial charge in [-0.05, 0) is 35.7 Å². The fraction of sp³-hybridized carbons (Fsp3) is 0.280. The van der Waals surface area contributed by atoms with Gasteiger partial charge in [0, 0.05) is 6.42 Å². The summed E-state index contributed by atoms with van der Waals surface area (Å²) in [5.41, 5.74) is 1.06. The quantitative estimate of drug-likeness (QED) is 0.400. The van der Waals surface area contributed by atoms with Crippen LogP contribution in [0.1, 0.15) is 46.6 Å². The lowest BCUT2D eigenvalue weighted by molar-refractivity contribution is 0.0970. The van der Waals surface area contributed by atoms with E-state index in [2.05, 4.69) is 24.0 Å². The first-order valence-corrected chi connectivity index (χ1v) is 11.7. The Labute approximate surface area is 199 Å². The van der Waals surface area contributed by atoms with Gasteiger partial charge in [0.25, 0.3) is 5.91 Å². The van der Waals surface area contributed by atoms with Gasteiger partial charge in [-0.15, -0.1) is 10.2 Å². The number of rotatable bonds is 6. The van der Waals surface area contributed by atoms with E-state index in [-0.39, 0.29) is 16.8 Å². The Morgan fingerprint density at radius 3 is 2.56 bits per heavy atom. The number of hydrogen-bond donors (Lipinski definition) is 0. The molecule has 4 aromatic rings. The van der Waals surface area contributed by atoms with Gasteiger partial charge in [-0.3, -0.25) is 14.5 Å². The van der Waals surface area contributed by atoms with Crippen LogP contribution in [0.4, 0.5) is 5.13 Å². The second-order valence-corrected chi connectivity index (χ2v) is 9.48. The Hall–Kier alpha value is -3.72. The molecule has 8 nitrogen and oxygen atoms in total. The lowest BCUT2D eigenvalue weighted by Crippen LogP contribution is -2.29. The van der Waals surface area contributed by atoms with Crippen molar-refractivity contribution >= 4 is 33.3 Å². The molecule has 5 rings (SSSR count). The molecule has 9 heteroatoms. The van der Waals surface area contributed by atoms with Crippen LogP contribution in [-0.2, 0) is 6.42 Å². The van der Waals surface area contributed by atoms with Crippen LogP contribution in [0.5, 0.6) is 11.5 Å². The number of anilines is 1. The molecular weight excluding hydrogens is 454 g/mol. The van der Waals surface area contributed by atoms with E-state index >= 15 is 0 Å². The summed E-state index contributed by atoms with van der Waals surface area (Å²) in [7, 11) is 3.09. The molecule has 2 aromatic heterocycles. The number of amides is 1. The standard InChI is InChI=1S/C25H23N3O5S/c1-13(2)11-19-26-27-25(34-19)28-21(14-9-10-17(31-3)18(12-14)32-4)20-22(29)15-7-5-6-8-16(15)33-23(20)24(28)30/h5-10,12-13,21H,11H2,1-4H3. The zero-order chi connectivity index (χ0) is 24.0. The van der Waals surface area contributed by atoms with Gasteiger partial charge < -0.3 is 13.9 Å². The van der Waals surface area contributed by atoms with E-state index in [4.69, 9.17) is 13.9 Å². The van der Waals surface area contributed by atoms with E-state index in [0.29, 0.717) is 39.1 Å². The van der Waals surface area contributed by atoms with Crippen molar-refractivity contribution in [3.8, 4) is 11.5 Å². The molecule has 1 atom stereocenters. The normalized spacial score (nSPS) is 15.3. The third-order valence-corrected chi connectivity index (χ3v) is 6.69. The Morgan fingerprint density at radius 1 is 1.06 bits per heavy atom. The van der Waals surface area contributed by atoms with Crippen molar-refractivity contribution in [3.63, 3.8) is 0 Å². The molecule has 0 N–H and O–H groups in total. The highest BCUT2D eigenvalue weighted by atomic mass is 32.1. The Kier molecular flexibility index (Phi) is 5.57. The maximum absolute atomic E-state index is 13.7. The minimum atomic E-state index is -0.747. The Morgan fingerprint density at radius 2 is 1.82 bits per heavy atom. The van der Waals surface area contributed by atoms with Gasteiger partial charge in [0.05, 0.1) is 31.2 Å². The molecule has 1 aliphatic heterocycles. The van der Waals surface area contributed by atoms with Crippen molar-refractivity contribution in [3.05, 3.63) is 74.6 Å². The van der Waals surface area contributed by atoms with Gasteiger partial charge in [-0.25, -0.2) is 0 Å². The summed E-state index contributed by atoms with van der Waals surface area (Å²) in [6.45, 7) is 4.19. The van der Waals surface area contributed by atoms with Crippen molar-refractivity contribution in [1.82, 2.24) is 10.2 Å². The number of fused-ring (bicyclic) bond motifs is 2. The summed E-state index contributed by atoms with van der Waals surface area (Å²) in [5, 5.41) is 10.2. The number of benzene rings is 2. The molecule has 0 saturated heterocycles. The van der Waals surface area contributed by atoms with Crippen molar-refractivity contribution in [2.24, 2.45) is 5.92 Å². The minimum Gasteiger partial charge on any atom is -0.493 e. The first kappa shape index (κ1) is 22.1. The second-order valence-electron chi connectivity index (χ2n) is 8.44. The molecule has 0 radical (unpaired) electrons. The average molecular weight is 478 g/mol. The van der Waals surface area contributed by atoms with E-state index in [0.717, 1.165) is 11.4 Å². The highest BCUT2D eigenvalue weighted by molar-refractivity contribution is 7.15. The maximum atomic E-state index is 13.7. The molecule has 0 fully saturated rings. The molecule has 0 aliphatic carbocycles. The van der Waals surface area contributed by atoms with Crippen LogP contribution in [0.2, 0.25) is 0 Å². The molecule has 2 aromatic carbocycles. The van der Waals surface area contributed by atoms with E-state index in [1.807, 2.05) is 6.07 Å². The summed E-state index contributed by atoms with van der Waals surface area (Å²) in [6, 6.07) is 11.5. The van der Waals surface area contributed by atoms with Crippen molar-refractivity contribution in [2.45, 2.75) is 26.3 Å². The largest absolute Gasteiger partial charge is 0.493 e. The van der Waals surface area contributed by atoms with E-state index in [1.54, 1.807) is 43.5 Å². The second kappa shape index (κ2) is 8.57. The third kappa shape index (κ3) is 3.52. The van der Waals surface area contributed by atoms with Crippen LogP contribution in [0, 0.1) is 5.92 Å². The third-order valence-electron chi connectivity index (χ3n) is 5.75. The summed E-state index contributed by atoms with van der Waals surface area (Å²) in [4.78, 5) is 28.8. The first-order chi connectivity index (χ1) is 16.4. The summed E-state index contributed by atoms with van der Waals surface area (Å²) in [6.07, 6.45) is 0.745. The predicted molar refractivity (Wildman–Crippen MR) is 129 cm³/mol. The Bertz CT molecular complexity index is 1460. The maximum Gasteiger partial charge on any atom is 0.297 e. The lowest BCUT2D eigenvalue weighted by atomic mass is 9.98. The predicted octanol–water partition coefficient (Wildman–Crippen LogP) is 4.61. The van der Waals surface area contributed by atoms with Gasteiger partial charge in [-0.1, -0.05) is 43.4 Å². The molecule has 174 valence electrons. The van der Waals surface area contributed by atoms with Crippen LogP contribution in [0.3, 0.4) is 0 Å². The van der Waals surface area contributed by atoms with Crippen LogP contribution in [-0.4, -0.2) is 30.3 Å². The van der Waals surface area contributed by atoms with Gasteiger partial charge in [0.1, 0.15) is 10.6 Å². The summed E-state index contributed by atoms with van der Waals surface area (Å²) in [5.74, 6) is 1.02. The molecule has 0 saturated carbocycles. The van der Waals surface area contributed by atoms with Crippen LogP contribution in [0.15, 0.2) is 51.7 Å². The number of carbonyl (C=O) groups is 1. The summed E-state index contributed by atoms with van der Waals surface area (Å²) >= 11 is 1.34. The van der Waals surface area contributed by atoms with E-state index in [9.17, 15) is 9.59 Å². The molecule has 3 heterocycles. The van der Waals surface area contributed by atoms with E-state index < -0.39 is 11.9 Å². The Balaban J connectivity index is 1.74. The molecule has 1 aliphatic rings. The smallest absolute Gasteiger partial charge is 0.297 e. The fourth-order valence-corrected chi connectivity index (χ4v) is 5.31. The number of ether oxygens (including phenoxy) is 2. The number of nitrogens with zero attached hydrogens (tertiary/aromatic N) is 3. The van der Waals surface area contributed by atoms with Crippen molar-refractivity contribution in [1.29, 1.82) is 0 Å². The molecule has 0 bridgehead atoms. The zero-order valence-electron chi connectivity index (χ0n) is 19.2. The number of methoxy groups -OCH3 is 2. The van der Waals surface area contributed by atoms with Gasteiger partial charge >= 0.3 is 0 Å². The first-order valence-electron chi connectivity index (χ1n) is 10.9. The molecule has 1 amide bonds. The topological polar surface area (TPSA) is 94.8 Å². The van der Waals surface area contributed by atoms with Gasteiger partial charge in [-0.2, -0.15) is 0 Å². The molecule has 0 spiro atoms. The van der Waals surface area contributed by atoms with Crippen LogP contribution >= 0.6 is 11.3 Å². The van der Waals surface area contributed by atoms with Gasteiger partial charge in [0.2, 0.25) is 10.9 Å². The lowest BCUT2D eigenvalue weighted by Gasteiger charge is -2.23. The highest BCUT2D eigenvalue weighted by Gasteiger charge is 2.45. The summed E-state index contributed by atoms with van der Waals surface area (Å²) < 4.78 is 16.8. The fourth-order valence-electron chi connectivity index (χ4n) is 4.23. The number of para-hydroxylation sites is 1. The van der Waals surface area contributed by atoms with Crippen LogP contribution < -0.4 is 19.8 Å². The monoisotopic (exact) mass is 477 g/mol.